The first-order valence-electron chi connectivity index (χ1n) is 12.7. The van der Waals surface area contributed by atoms with Crippen molar-refractivity contribution in [2.75, 3.05) is 11.6 Å². The van der Waals surface area contributed by atoms with E-state index in [9.17, 15) is 31.1 Å². The van der Waals surface area contributed by atoms with E-state index in [4.69, 9.17) is 11.6 Å². The van der Waals surface area contributed by atoms with E-state index in [0.29, 0.717) is 5.56 Å². The SMILES string of the molecule is CS(=O)(=O)NCc1csc2c1S(=O)(=O)N=C(C1=C(O)[C@@H]3C4CCC(CC4)[C@@H]3N(Cc3ccc(F)c(Cl)c3)C1=O)N2. The number of hydrogen-bond donors (Lipinski definition) is 3. The van der Waals surface area contributed by atoms with Gasteiger partial charge in [0.15, 0.2) is 5.84 Å². The first-order chi connectivity index (χ1) is 18.8. The van der Waals surface area contributed by atoms with Gasteiger partial charge in [-0.1, -0.05) is 17.7 Å². The highest BCUT2D eigenvalue weighted by Gasteiger charge is 2.54. The summed E-state index contributed by atoms with van der Waals surface area (Å²) in [5, 5.41) is 16.1. The summed E-state index contributed by atoms with van der Waals surface area (Å²) in [6.07, 6.45) is 4.57. The molecule has 0 radical (unpaired) electrons. The topological polar surface area (TPSA) is 145 Å². The Morgan fingerprint density at radius 3 is 2.62 bits per heavy atom. The van der Waals surface area contributed by atoms with Crippen LogP contribution in [0.15, 0.2) is 44.2 Å². The van der Waals surface area contributed by atoms with Crippen LogP contribution in [0.1, 0.15) is 36.8 Å². The number of nitrogens with zero attached hydrogens (tertiary/aromatic N) is 2. The highest BCUT2D eigenvalue weighted by Crippen LogP contribution is 2.52. The predicted molar refractivity (Wildman–Crippen MR) is 149 cm³/mol. The van der Waals surface area contributed by atoms with E-state index in [1.165, 1.54) is 17.5 Å². The number of carbonyl (C=O) groups is 1. The molecule has 3 N–H and O–H groups in total. The maximum Gasteiger partial charge on any atom is 0.287 e. The quantitative estimate of drug-likeness (QED) is 0.442. The number of amides is 1. The van der Waals surface area contributed by atoms with E-state index in [-0.39, 0.29) is 74.5 Å². The minimum atomic E-state index is -4.34. The van der Waals surface area contributed by atoms with Crippen LogP contribution in [0.5, 0.6) is 0 Å². The number of rotatable bonds is 6. The van der Waals surface area contributed by atoms with Gasteiger partial charge < -0.3 is 15.3 Å². The van der Waals surface area contributed by atoms with Gasteiger partial charge in [0.1, 0.15) is 27.0 Å². The van der Waals surface area contributed by atoms with Crippen molar-refractivity contribution in [3.05, 3.63) is 56.9 Å². The molecule has 5 aliphatic rings. The zero-order chi connectivity index (χ0) is 28.6. The van der Waals surface area contributed by atoms with Gasteiger partial charge in [-0.15, -0.1) is 15.7 Å². The molecule has 2 bridgehead atoms. The Kier molecular flexibility index (Phi) is 6.77. The summed E-state index contributed by atoms with van der Waals surface area (Å²) in [6.45, 7) is -0.143. The van der Waals surface area contributed by atoms with Gasteiger partial charge in [-0.2, -0.15) is 8.42 Å². The Bertz CT molecular complexity index is 1700. The monoisotopic (exact) mass is 628 g/mol. The lowest BCUT2D eigenvalue weighted by Gasteiger charge is -2.54. The molecule has 15 heteroatoms. The summed E-state index contributed by atoms with van der Waals surface area (Å²) in [7, 11) is -7.92. The van der Waals surface area contributed by atoms with Crippen molar-refractivity contribution in [1.29, 1.82) is 0 Å². The number of aliphatic hydroxyl groups is 1. The smallest absolute Gasteiger partial charge is 0.287 e. The molecule has 1 aromatic carbocycles. The number of fused-ring (bicyclic) bond motifs is 3. The first kappa shape index (κ1) is 27.6. The van der Waals surface area contributed by atoms with E-state index in [0.717, 1.165) is 43.3 Å². The third kappa shape index (κ3) is 4.73. The largest absolute Gasteiger partial charge is 0.511 e. The Balaban J connectivity index is 1.41. The molecule has 2 atom stereocenters. The van der Waals surface area contributed by atoms with Gasteiger partial charge in [0.2, 0.25) is 10.0 Å². The van der Waals surface area contributed by atoms with Crippen molar-refractivity contribution in [3.8, 4) is 0 Å². The zero-order valence-corrected chi connectivity index (χ0v) is 24.4. The Morgan fingerprint density at radius 1 is 1.25 bits per heavy atom. The van der Waals surface area contributed by atoms with Crippen molar-refractivity contribution in [1.82, 2.24) is 9.62 Å². The minimum absolute atomic E-state index is 0.0712. The molecular weight excluding hydrogens is 603 g/mol. The van der Waals surface area contributed by atoms with E-state index < -0.39 is 31.8 Å². The maximum absolute atomic E-state index is 14.1. The third-order valence-electron chi connectivity index (χ3n) is 8.20. The van der Waals surface area contributed by atoms with Crippen LogP contribution in [0.25, 0.3) is 0 Å². The van der Waals surface area contributed by atoms with E-state index in [2.05, 4.69) is 14.4 Å². The number of aliphatic hydroxyl groups excluding tert-OH is 1. The fraction of sp³-hybridized carbons (Fsp3) is 0.440. The van der Waals surface area contributed by atoms with Crippen LogP contribution in [0, 0.1) is 23.6 Å². The molecule has 40 heavy (non-hydrogen) atoms. The molecule has 1 amide bonds. The molecule has 1 aromatic heterocycles. The van der Waals surface area contributed by atoms with Gasteiger partial charge in [0, 0.05) is 30.6 Å². The highest BCUT2D eigenvalue weighted by molar-refractivity contribution is 7.91. The molecule has 0 spiro atoms. The molecule has 3 fully saturated rings. The lowest BCUT2D eigenvalue weighted by molar-refractivity contribution is -0.140. The Morgan fingerprint density at radius 2 is 1.95 bits per heavy atom. The van der Waals surface area contributed by atoms with E-state index >= 15 is 0 Å². The normalized spacial score (nSPS) is 27.2. The average molecular weight is 629 g/mol. The van der Waals surface area contributed by atoms with Gasteiger partial charge in [0.05, 0.1) is 11.3 Å². The predicted octanol–water partition coefficient (Wildman–Crippen LogP) is 3.76. The van der Waals surface area contributed by atoms with E-state index in [1.54, 1.807) is 11.0 Å². The highest BCUT2D eigenvalue weighted by atomic mass is 35.5. The van der Waals surface area contributed by atoms with Crippen LogP contribution in [0.3, 0.4) is 0 Å². The molecule has 2 aliphatic heterocycles. The second-order valence-corrected chi connectivity index (χ2v) is 15.3. The second-order valence-electron chi connectivity index (χ2n) is 10.7. The molecule has 3 heterocycles. The van der Waals surface area contributed by atoms with Crippen molar-refractivity contribution >= 4 is 59.7 Å². The maximum atomic E-state index is 14.1. The number of hydrogen-bond acceptors (Lipinski definition) is 8. The van der Waals surface area contributed by atoms with Crippen LogP contribution in [0.4, 0.5) is 9.39 Å². The number of halogens is 2. The van der Waals surface area contributed by atoms with Crippen LogP contribution >= 0.6 is 22.9 Å². The Hall–Kier alpha value is -2.52. The summed E-state index contributed by atoms with van der Waals surface area (Å²) in [5.74, 6) is -1.71. The molecule has 10 nitrogen and oxygen atoms in total. The summed E-state index contributed by atoms with van der Waals surface area (Å²) < 4.78 is 69.8. The molecule has 0 saturated heterocycles. The number of thiophene rings is 1. The average Bonchev–Trinajstić information content (AvgIpc) is 3.31. The van der Waals surface area contributed by atoms with Crippen LogP contribution in [-0.2, 0) is 37.9 Å². The van der Waals surface area contributed by atoms with Crippen LogP contribution < -0.4 is 10.0 Å². The minimum Gasteiger partial charge on any atom is -0.511 e. The van der Waals surface area contributed by atoms with Crippen molar-refractivity contribution in [2.24, 2.45) is 22.2 Å². The van der Waals surface area contributed by atoms with Gasteiger partial charge in [-0.25, -0.2) is 17.5 Å². The van der Waals surface area contributed by atoms with Crippen LogP contribution in [0.2, 0.25) is 5.02 Å². The molecule has 3 saturated carbocycles. The summed E-state index contributed by atoms with van der Waals surface area (Å²) in [4.78, 5) is 15.5. The molecule has 3 aliphatic carbocycles. The van der Waals surface area contributed by atoms with Gasteiger partial charge in [0.25, 0.3) is 15.9 Å². The molecule has 0 unspecified atom stereocenters. The summed E-state index contributed by atoms with van der Waals surface area (Å²) in [6, 6.07) is 3.95. The van der Waals surface area contributed by atoms with Gasteiger partial charge in [-0.3, -0.25) is 4.79 Å². The standard InChI is InChI=1S/C25H26ClFN4O6S3/c1-39(34,35)28-9-15-11-38-24-22(15)40(36,37)30-23(29-24)19-21(32)18-13-3-5-14(6-4-13)20(18)31(25(19)33)10-12-2-7-17(27)16(26)8-12/h2,7-8,11,13-14,18,20,28,32H,3-6,9-10H2,1H3,(H,29,30)/t13?,14?,18-,20+/m1/s1. The number of nitrogens with one attached hydrogen (secondary N) is 2. The molecule has 7 rings (SSSR count). The van der Waals surface area contributed by atoms with E-state index in [1.807, 2.05) is 0 Å². The molecular formula is C25H26ClFN4O6S3. The second kappa shape index (κ2) is 9.79. The van der Waals surface area contributed by atoms with Crippen molar-refractivity contribution < 1.29 is 31.1 Å². The molecule has 214 valence electrons. The summed E-state index contributed by atoms with van der Waals surface area (Å²) >= 11 is 7.04. The van der Waals surface area contributed by atoms with Gasteiger partial charge in [-0.05, 0) is 60.6 Å². The number of sulfonamides is 2. The lowest BCUT2D eigenvalue weighted by atomic mass is 9.59. The van der Waals surface area contributed by atoms with Crippen molar-refractivity contribution in [2.45, 2.75) is 49.7 Å². The van der Waals surface area contributed by atoms with Crippen LogP contribution in [-0.4, -0.2) is 50.9 Å². The fourth-order valence-corrected chi connectivity index (χ4v) is 9.75. The zero-order valence-electron chi connectivity index (χ0n) is 21.2. The molecule has 2 aromatic rings. The van der Waals surface area contributed by atoms with Crippen molar-refractivity contribution in [3.63, 3.8) is 0 Å². The lowest BCUT2D eigenvalue weighted by Crippen LogP contribution is -2.60. The first-order valence-corrected chi connectivity index (χ1v) is 17.3. The number of amidine groups is 1. The fourth-order valence-electron chi connectivity index (χ4n) is 6.53. The number of benzene rings is 1. The Labute approximate surface area is 240 Å². The third-order valence-corrected chi connectivity index (χ3v) is 11.6. The number of carbonyl (C=O) groups excluding carboxylic acids is 1. The number of anilines is 1. The van der Waals surface area contributed by atoms with Gasteiger partial charge >= 0.3 is 0 Å². The summed E-state index contributed by atoms with van der Waals surface area (Å²) in [5.41, 5.74) is 0.615.